The van der Waals surface area contributed by atoms with Crippen LogP contribution in [0.25, 0.3) is 50.5 Å². The predicted octanol–water partition coefficient (Wildman–Crippen LogP) is 12.3. The van der Waals surface area contributed by atoms with Gasteiger partial charge in [-0.1, -0.05) is 126 Å². The molecule has 4 heteroatoms. The topological polar surface area (TPSA) is 50.9 Å². The van der Waals surface area contributed by atoms with Crippen molar-refractivity contribution in [1.29, 1.82) is 0 Å². The Kier molecular flexibility index (Phi) is 8.62. The van der Waals surface area contributed by atoms with Crippen LogP contribution in [0.5, 0.6) is 5.75 Å². The lowest BCUT2D eigenvalue weighted by Gasteiger charge is -2.27. The fraction of sp³-hybridized carbons (Fsp3) is 0.348. The Bertz CT molecular complexity index is 2180. The third-order valence-electron chi connectivity index (χ3n) is 9.77. The number of benzene rings is 4. The number of hydrogen-bond acceptors (Lipinski definition) is 3. The highest BCUT2D eigenvalue weighted by atomic mass is 16.3. The van der Waals surface area contributed by atoms with E-state index in [9.17, 15) is 5.11 Å². The second kappa shape index (κ2) is 12.3. The van der Waals surface area contributed by atoms with Gasteiger partial charge in [0, 0.05) is 28.6 Å². The summed E-state index contributed by atoms with van der Waals surface area (Å²) >= 11 is 0. The first kappa shape index (κ1) is 35.1. The number of para-hydroxylation sites is 1. The minimum atomic E-state index is -0.272. The Balaban J connectivity index is 1.71. The van der Waals surface area contributed by atoms with Crippen LogP contribution in [0.1, 0.15) is 105 Å². The van der Waals surface area contributed by atoms with Crippen LogP contribution in [0, 0.1) is 0 Å². The number of imidazole rings is 1. The monoisotopic (exact) mass is 663 g/mol. The zero-order valence-electron chi connectivity index (χ0n) is 32.0. The Hall–Kier alpha value is -4.70. The molecule has 0 saturated heterocycles. The first-order chi connectivity index (χ1) is 23.2. The van der Waals surface area contributed by atoms with Gasteiger partial charge in [0.25, 0.3) is 0 Å². The minimum Gasteiger partial charge on any atom is -0.507 e. The lowest BCUT2D eigenvalue weighted by molar-refractivity contribution is 0.446. The van der Waals surface area contributed by atoms with Crippen molar-refractivity contribution in [2.75, 3.05) is 0 Å². The normalized spacial score (nSPS) is 12.9. The fourth-order valence-corrected chi connectivity index (χ4v) is 6.59. The smallest absolute Gasteiger partial charge is 0.149 e. The van der Waals surface area contributed by atoms with E-state index in [2.05, 4.69) is 167 Å². The summed E-state index contributed by atoms with van der Waals surface area (Å²) in [4.78, 5) is 10.2. The predicted molar refractivity (Wildman–Crippen MR) is 212 cm³/mol. The molecule has 6 aromatic rings. The standard InChI is InChI=1S/C46H53N3O/c1-43(2,3)31-19-21-34(22-20-31)49-39-18-15-16-35(29-24-30(38-17-13-14-23-47-38)26-32(25-29)44(4,5)6)40(39)48-42(49)36-27-33(45(7,8)9)28-37(41(36)50)46(10,11)12/h13-28,50H,1-12H3. The summed E-state index contributed by atoms with van der Waals surface area (Å²) in [6.45, 7) is 26.6. The summed E-state index contributed by atoms with van der Waals surface area (Å²) in [6.07, 6.45) is 1.85. The second-order valence-electron chi connectivity index (χ2n) is 17.9. The molecule has 1 N–H and O–H groups in total. The quantitative estimate of drug-likeness (QED) is 0.204. The number of nitrogens with zero attached hydrogens (tertiary/aromatic N) is 3. The number of hydrogen-bond donors (Lipinski definition) is 1. The number of rotatable bonds is 4. The van der Waals surface area contributed by atoms with E-state index < -0.39 is 0 Å². The summed E-state index contributed by atoms with van der Waals surface area (Å²) in [7, 11) is 0. The van der Waals surface area contributed by atoms with Crippen LogP contribution in [0.15, 0.2) is 97.2 Å². The molecule has 0 unspecified atom stereocenters. The summed E-state index contributed by atoms with van der Waals surface area (Å²) in [5.74, 6) is 1.00. The summed E-state index contributed by atoms with van der Waals surface area (Å²) in [5.41, 5.74) is 11.9. The molecule has 0 aliphatic rings. The van der Waals surface area contributed by atoms with Gasteiger partial charge in [0.1, 0.15) is 11.6 Å². The first-order valence-electron chi connectivity index (χ1n) is 17.8. The number of phenolic OH excluding ortho intramolecular Hbond substituents is 1. The molecule has 6 rings (SSSR count). The molecule has 0 radical (unpaired) electrons. The van der Waals surface area contributed by atoms with E-state index in [-0.39, 0.29) is 27.4 Å². The van der Waals surface area contributed by atoms with E-state index >= 15 is 0 Å². The molecule has 258 valence electrons. The van der Waals surface area contributed by atoms with Gasteiger partial charge in [-0.25, -0.2) is 4.98 Å². The highest BCUT2D eigenvalue weighted by molar-refractivity contribution is 5.97. The molecule has 0 amide bonds. The van der Waals surface area contributed by atoms with Crippen molar-refractivity contribution in [1.82, 2.24) is 14.5 Å². The molecule has 2 aromatic heterocycles. The van der Waals surface area contributed by atoms with Gasteiger partial charge in [-0.2, -0.15) is 0 Å². The summed E-state index contributed by atoms with van der Waals surface area (Å²) in [6, 6.07) is 32.4. The van der Waals surface area contributed by atoms with E-state index in [1.165, 1.54) is 11.1 Å². The lowest BCUT2D eigenvalue weighted by atomic mass is 9.79. The van der Waals surface area contributed by atoms with Gasteiger partial charge >= 0.3 is 0 Å². The Labute approximate surface area is 299 Å². The molecule has 4 aromatic carbocycles. The molecule has 0 spiro atoms. The molecule has 0 aliphatic carbocycles. The molecule has 0 fully saturated rings. The third kappa shape index (κ3) is 6.73. The number of aromatic hydroxyl groups is 1. The zero-order valence-corrected chi connectivity index (χ0v) is 32.0. The second-order valence-corrected chi connectivity index (χ2v) is 17.9. The van der Waals surface area contributed by atoms with Gasteiger partial charge < -0.3 is 5.11 Å². The number of pyridine rings is 1. The molecule has 2 heterocycles. The highest BCUT2D eigenvalue weighted by Crippen LogP contribution is 2.45. The van der Waals surface area contributed by atoms with Crippen LogP contribution in [0.2, 0.25) is 0 Å². The van der Waals surface area contributed by atoms with E-state index in [1.54, 1.807) is 0 Å². The molecule has 0 atom stereocenters. The molecule has 0 aliphatic heterocycles. The maximum absolute atomic E-state index is 12.1. The van der Waals surface area contributed by atoms with Gasteiger partial charge in [0.15, 0.2) is 0 Å². The average molecular weight is 664 g/mol. The van der Waals surface area contributed by atoms with Crippen molar-refractivity contribution in [3.8, 4) is 45.2 Å². The molecular formula is C46H53N3O. The average Bonchev–Trinajstić information content (AvgIpc) is 3.43. The van der Waals surface area contributed by atoms with Crippen molar-refractivity contribution in [2.24, 2.45) is 0 Å². The van der Waals surface area contributed by atoms with Crippen molar-refractivity contribution in [3.63, 3.8) is 0 Å². The zero-order chi connectivity index (χ0) is 36.4. The Morgan fingerprint density at radius 3 is 1.74 bits per heavy atom. The lowest BCUT2D eigenvalue weighted by Crippen LogP contribution is -2.17. The highest BCUT2D eigenvalue weighted by Gasteiger charge is 2.29. The maximum Gasteiger partial charge on any atom is 0.149 e. The summed E-state index contributed by atoms with van der Waals surface area (Å²) < 4.78 is 2.23. The van der Waals surface area contributed by atoms with Crippen molar-refractivity contribution < 1.29 is 5.11 Å². The van der Waals surface area contributed by atoms with Crippen molar-refractivity contribution in [2.45, 2.75) is 105 Å². The molecule has 4 nitrogen and oxygen atoms in total. The van der Waals surface area contributed by atoms with Crippen LogP contribution < -0.4 is 0 Å². The maximum atomic E-state index is 12.1. The van der Waals surface area contributed by atoms with E-state index in [4.69, 9.17) is 9.97 Å². The number of phenols is 1. The van der Waals surface area contributed by atoms with Crippen LogP contribution in [-0.2, 0) is 21.7 Å². The first-order valence-corrected chi connectivity index (χ1v) is 17.8. The summed E-state index contributed by atoms with van der Waals surface area (Å²) in [5, 5.41) is 12.1. The molecular weight excluding hydrogens is 611 g/mol. The van der Waals surface area contributed by atoms with E-state index in [1.807, 2.05) is 18.3 Å². The largest absolute Gasteiger partial charge is 0.507 e. The van der Waals surface area contributed by atoms with Gasteiger partial charge in [0.2, 0.25) is 0 Å². The molecule has 0 saturated carbocycles. The van der Waals surface area contributed by atoms with Crippen LogP contribution in [0.3, 0.4) is 0 Å². The van der Waals surface area contributed by atoms with E-state index in [0.717, 1.165) is 61.6 Å². The van der Waals surface area contributed by atoms with Gasteiger partial charge in [-0.15, -0.1) is 0 Å². The Morgan fingerprint density at radius 2 is 1.16 bits per heavy atom. The van der Waals surface area contributed by atoms with Crippen molar-refractivity contribution in [3.05, 3.63) is 119 Å². The van der Waals surface area contributed by atoms with Gasteiger partial charge in [-0.3, -0.25) is 9.55 Å². The minimum absolute atomic E-state index is 0.0237. The van der Waals surface area contributed by atoms with Crippen LogP contribution in [-0.4, -0.2) is 19.6 Å². The van der Waals surface area contributed by atoms with Crippen molar-refractivity contribution >= 4 is 11.0 Å². The molecule has 50 heavy (non-hydrogen) atoms. The number of aromatic nitrogens is 3. The van der Waals surface area contributed by atoms with Crippen LogP contribution >= 0.6 is 0 Å². The Morgan fingerprint density at radius 1 is 0.540 bits per heavy atom. The van der Waals surface area contributed by atoms with E-state index in [0.29, 0.717) is 0 Å². The number of fused-ring (bicyclic) bond motifs is 1. The van der Waals surface area contributed by atoms with Crippen LogP contribution in [0.4, 0.5) is 0 Å². The SMILES string of the molecule is CC(C)(C)c1ccc(-n2c(-c3cc(C(C)(C)C)cc(C(C)(C)C)c3O)nc3c(-c4cc(-c5ccccn5)cc(C(C)(C)C)c4)cccc32)cc1. The third-order valence-corrected chi connectivity index (χ3v) is 9.77. The van der Waals surface area contributed by atoms with Gasteiger partial charge in [0.05, 0.1) is 22.3 Å². The fourth-order valence-electron chi connectivity index (χ4n) is 6.59. The molecule has 0 bridgehead atoms. The van der Waals surface area contributed by atoms with Gasteiger partial charge in [-0.05, 0) is 92.4 Å².